The van der Waals surface area contributed by atoms with Crippen molar-refractivity contribution in [1.82, 2.24) is 0 Å². The molecule has 0 aromatic heterocycles. The predicted molar refractivity (Wildman–Crippen MR) is 75.0 cm³/mol. The van der Waals surface area contributed by atoms with E-state index in [0.29, 0.717) is 0 Å². The van der Waals surface area contributed by atoms with Crippen molar-refractivity contribution in [2.24, 2.45) is 0 Å². The van der Waals surface area contributed by atoms with E-state index in [-0.39, 0.29) is 0 Å². The molecule has 0 aliphatic rings. The lowest BCUT2D eigenvalue weighted by Crippen LogP contribution is -2.00. The molecule has 0 spiro atoms. The summed E-state index contributed by atoms with van der Waals surface area (Å²) in [5, 5.41) is 0. The highest BCUT2D eigenvalue weighted by molar-refractivity contribution is 6.17. The van der Waals surface area contributed by atoms with Gasteiger partial charge in [-0.15, -0.1) is 18.2 Å². The van der Waals surface area contributed by atoms with Crippen LogP contribution in [0.4, 0.5) is 0 Å². The van der Waals surface area contributed by atoms with Gasteiger partial charge in [-0.2, -0.15) is 0 Å². The number of ether oxygens (including phenoxy) is 1. The number of hydrogen-bond donors (Lipinski definition) is 0. The fraction of sp³-hybridized carbons (Fsp3) is 0.467. The molecular formula is C15H21ClO. The summed E-state index contributed by atoms with van der Waals surface area (Å²) in [6.07, 6.45) is 7.36. The van der Waals surface area contributed by atoms with Gasteiger partial charge in [0.05, 0.1) is 6.61 Å². The molecule has 0 saturated heterocycles. The number of unbranched alkanes of at least 4 members (excludes halogenated alkanes) is 3. The Morgan fingerprint density at radius 1 is 1.12 bits per heavy atom. The minimum atomic E-state index is 0.767. The molecule has 0 N–H and O–H groups in total. The first-order chi connectivity index (χ1) is 8.38. The number of hydrogen-bond acceptors (Lipinski definition) is 1. The lowest BCUT2D eigenvalue weighted by atomic mass is 10.1. The van der Waals surface area contributed by atoms with Crippen molar-refractivity contribution in [3.05, 3.63) is 42.5 Å². The van der Waals surface area contributed by atoms with E-state index in [1.807, 2.05) is 24.3 Å². The second-order valence-electron chi connectivity index (χ2n) is 4.05. The second kappa shape index (κ2) is 9.12. The van der Waals surface area contributed by atoms with Gasteiger partial charge in [-0.05, 0) is 30.9 Å². The van der Waals surface area contributed by atoms with Crippen LogP contribution in [0.5, 0.6) is 5.75 Å². The monoisotopic (exact) mass is 252 g/mol. The number of para-hydroxylation sites is 1. The highest BCUT2D eigenvalue weighted by atomic mass is 35.5. The van der Waals surface area contributed by atoms with E-state index in [2.05, 4.69) is 12.6 Å². The normalized spacial score (nSPS) is 10.2. The zero-order chi connectivity index (χ0) is 12.3. The summed E-state index contributed by atoms with van der Waals surface area (Å²) in [7, 11) is 0. The van der Waals surface area contributed by atoms with Crippen LogP contribution in [0, 0.1) is 0 Å². The van der Waals surface area contributed by atoms with Crippen LogP contribution >= 0.6 is 11.6 Å². The summed E-state index contributed by atoms with van der Waals surface area (Å²) < 4.78 is 5.79. The number of rotatable bonds is 9. The topological polar surface area (TPSA) is 9.23 Å². The molecule has 0 heterocycles. The molecule has 0 amide bonds. The Kier molecular flexibility index (Phi) is 7.57. The zero-order valence-corrected chi connectivity index (χ0v) is 11.1. The van der Waals surface area contributed by atoms with E-state index < -0.39 is 0 Å². The third-order valence-corrected chi connectivity index (χ3v) is 2.89. The smallest absolute Gasteiger partial charge is 0.122 e. The van der Waals surface area contributed by atoms with Crippen LogP contribution in [0.3, 0.4) is 0 Å². The molecule has 1 aromatic carbocycles. The molecular weight excluding hydrogens is 232 g/mol. The lowest BCUT2D eigenvalue weighted by Gasteiger charge is -2.10. The summed E-state index contributed by atoms with van der Waals surface area (Å²) in [6.45, 7) is 4.55. The molecule has 0 radical (unpaired) electrons. The maximum atomic E-state index is 5.79. The third-order valence-electron chi connectivity index (χ3n) is 2.62. The van der Waals surface area contributed by atoms with Gasteiger partial charge in [0.2, 0.25) is 0 Å². The molecule has 94 valence electrons. The Bertz CT molecular complexity index is 322. The molecule has 1 rings (SSSR count). The van der Waals surface area contributed by atoms with Gasteiger partial charge < -0.3 is 4.74 Å². The Morgan fingerprint density at radius 3 is 2.65 bits per heavy atom. The third kappa shape index (κ3) is 5.78. The van der Waals surface area contributed by atoms with Gasteiger partial charge in [-0.1, -0.05) is 37.1 Å². The summed E-state index contributed by atoms with van der Waals surface area (Å²) in [5.74, 6) is 1.76. The molecule has 0 atom stereocenters. The standard InChI is InChI=1S/C15H21ClO/c1-2-9-14-10-5-6-11-15(14)17-13-8-4-3-7-12-16/h2,5-6,10-11H,1,3-4,7-9,12-13H2. The van der Waals surface area contributed by atoms with Crippen LogP contribution in [0.2, 0.25) is 0 Å². The minimum Gasteiger partial charge on any atom is -0.493 e. The van der Waals surface area contributed by atoms with E-state index in [1.54, 1.807) is 0 Å². The van der Waals surface area contributed by atoms with E-state index in [1.165, 1.54) is 18.4 Å². The van der Waals surface area contributed by atoms with E-state index >= 15 is 0 Å². The number of alkyl halides is 1. The minimum absolute atomic E-state index is 0.767. The first kappa shape index (κ1) is 14.1. The molecule has 0 bridgehead atoms. The van der Waals surface area contributed by atoms with Gasteiger partial charge in [-0.3, -0.25) is 0 Å². The SMILES string of the molecule is C=CCc1ccccc1OCCCCCCCl. The average Bonchev–Trinajstić information content (AvgIpc) is 2.36. The fourth-order valence-corrected chi connectivity index (χ4v) is 1.89. The number of halogens is 1. The van der Waals surface area contributed by atoms with Gasteiger partial charge in [0.15, 0.2) is 0 Å². The Balaban J connectivity index is 2.28. The maximum Gasteiger partial charge on any atom is 0.122 e. The molecule has 0 aliphatic heterocycles. The van der Waals surface area contributed by atoms with Gasteiger partial charge in [0, 0.05) is 5.88 Å². The zero-order valence-electron chi connectivity index (χ0n) is 10.3. The van der Waals surface area contributed by atoms with Crippen LogP contribution in [0.1, 0.15) is 31.2 Å². The molecule has 0 aliphatic carbocycles. The van der Waals surface area contributed by atoms with Crippen molar-refractivity contribution in [2.75, 3.05) is 12.5 Å². The Morgan fingerprint density at radius 2 is 1.88 bits per heavy atom. The molecule has 17 heavy (non-hydrogen) atoms. The van der Waals surface area contributed by atoms with Crippen molar-refractivity contribution >= 4 is 11.6 Å². The van der Waals surface area contributed by atoms with Crippen molar-refractivity contribution < 1.29 is 4.74 Å². The highest BCUT2D eigenvalue weighted by Crippen LogP contribution is 2.19. The predicted octanol–water partition coefficient (Wildman–Crippen LogP) is 4.59. The van der Waals surface area contributed by atoms with Gasteiger partial charge in [0.1, 0.15) is 5.75 Å². The summed E-state index contributed by atoms with van der Waals surface area (Å²) in [5.41, 5.74) is 1.21. The summed E-state index contributed by atoms with van der Waals surface area (Å²) >= 11 is 5.63. The fourth-order valence-electron chi connectivity index (χ4n) is 1.70. The number of benzene rings is 1. The van der Waals surface area contributed by atoms with Crippen LogP contribution < -0.4 is 4.74 Å². The van der Waals surface area contributed by atoms with Crippen molar-refractivity contribution in [3.8, 4) is 5.75 Å². The van der Waals surface area contributed by atoms with E-state index in [0.717, 1.165) is 37.5 Å². The first-order valence-electron chi connectivity index (χ1n) is 6.26. The van der Waals surface area contributed by atoms with Gasteiger partial charge in [-0.25, -0.2) is 0 Å². The largest absolute Gasteiger partial charge is 0.493 e. The second-order valence-corrected chi connectivity index (χ2v) is 4.43. The molecule has 1 aromatic rings. The van der Waals surface area contributed by atoms with Crippen LogP contribution in [0.15, 0.2) is 36.9 Å². The average molecular weight is 253 g/mol. The maximum absolute atomic E-state index is 5.79. The van der Waals surface area contributed by atoms with Gasteiger partial charge in [0.25, 0.3) is 0 Å². The van der Waals surface area contributed by atoms with Crippen LogP contribution in [-0.2, 0) is 6.42 Å². The lowest BCUT2D eigenvalue weighted by molar-refractivity contribution is 0.302. The molecule has 0 unspecified atom stereocenters. The van der Waals surface area contributed by atoms with E-state index in [4.69, 9.17) is 16.3 Å². The van der Waals surface area contributed by atoms with Crippen LogP contribution in [0.25, 0.3) is 0 Å². The quantitative estimate of drug-likeness (QED) is 0.355. The highest BCUT2D eigenvalue weighted by Gasteiger charge is 2.00. The number of allylic oxidation sites excluding steroid dienone is 1. The van der Waals surface area contributed by atoms with Crippen molar-refractivity contribution in [3.63, 3.8) is 0 Å². The van der Waals surface area contributed by atoms with E-state index in [9.17, 15) is 0 Å². The van der Waals surface area contributed by atoms with Gasteiger partial charge >= 0.3 is 0 Å². The Labute approximate surface area is 109 Å². The molecule has 2 heteroatoms. The van der Waals surface area contributed by atoms with Crippen molar-refractivity contribution in [1.29, 1.82) is 0 Å². The molecule has 0 fully saturated rings. The molecule has 0 saturated carbocycles. The van der Waals surface area contributed by atoms with Crippen molar-refractivity contribution in [2.45, 2.75) is 32.1 Å². The Hall–Kier alpha value is -0.950. The van der Waals surface area contributed by atoms with Crippen LogP contribution in [-0.4, -0.2) is 12.5 Å². The first-order valence-corrected chi connectivity index (χ1v) is 6.79. The summed E-state index contributed by atoms with van der Waals surface area (Å²) in [4.78, 5) is 0. The summed E-state index contributed by atoms with van der Waals surface area (Å²) in [6, 6.07) is 8.16. The molecule has 1 nitrogen and oxygen atoms in total.